The van der Waals surface area contributed by atoms with Crippen LogP contribution in [0.15, 0.2) is 36.5 Å². The lowest BCUT2D eigenvalue weighted by molar-refractivity contribution is 0.772. The highest BCUT2D eigenvalue weighted by atomic mass is 32.1. The SMILES string of the molecule is CC(C)c1nc(=S)c2cnn(-c3ccccc3)c2[nH]1. The van der Waals surface area contributed by atoms with Crippen LogP contribution in [0, 0.1) is 4.64 Å². The number of nitrogens with one attached hydrogen (secondary N) is 1. The van der Waals surface area contributed by atoms with Crippen molar-refractivity contribution < 1.29 is 0 Å². The van der Waals surface area contributed by atoms with Gasteiger partial charge in [0.1, 0.15) is 16.1 Å². The van der Waals surface area contributed by atoms with E-state index in [1.165, 1.54) is 0 Å². The highest BCUT2D eigenvalue weighted by Crippen LogP contribution is 2.19. The molecular weight excluding hydrogens is 256 g/mol. The molecule has 2 heterocycles. The maximum atomic E-state index is 5.34. The molecular formula is C14H14N4S. The molecule has 1 aromatic carbocycles. The van der Waals surface area contributed by atoms with Crippen molar-refractivity contribution in [3.63, 3.8) is 0 Å². The average molecular weight is 270 g/mol. The quantitative estimate of drug-likeness (QED) is 0.724. The fourth-order valence-electron chi connectivity index (χ4n) is 1.98. The number of fused-ring (bicyclic) bond motifs is 1. The van der Waals surface area contributed by atoms with E-state index >= 15 is 0 Å². The lowest BCUT2D eigenvalue weighted by Crippen LogP contribution is -2.02. The summed E-state index contributed by atoms with van der Waals surface area (Å²) in [5, 5.41) is 5.28. The van der Waals surface area contributed by atoms with Gasteiger partial charge in [0.25, 0.3) is 0 Å². The monoisotopic (exact) mass is 270 g/mol. The third kappa shape index (κ3) is 2.06. The number of H-pyrrole nitrogens is 1. The molecule has 0 atom stereocenters. The first-order chi connectivity index (χ1) is 9.16. The summed E-state index contributed by atoms with van der Waals surface area (Å²) >= 11 is 5.34. The summed E-state index contributed by atoms with van der Waals surface area (Å²) in [7, 11) is 0. The summed E-state index contributed by atoms with van der Waals surface area (Å²) < 4.78 is 2.46. The Kier molecular flexibility index (Phi) is 2.91. The van der Waals surface area contributed by atoms with Gasteiger partial charge >= 0.3 is 0 Å². The van der Waals surface area contributed by atoms with E-state index in [0.29, 0.717) is 10.6 Å². The molecule has 0 fully saturated rings. The molecule has 0 spiro atoms. The van der Waals surface area contributed by atoms with Crippen molar-refractivity contribution in [1.82, 2.24) is 19.7 Å². The van der Waals surface area contributed by atoms with Gasteiger partial charge in [-0.15, -0.1) is 0 Å². The molecule has 0 radical (unpaired) electrons. The largest absolute Gasteiger partial charge is 0.327 e. The van der Waals surface area contributed by atoms with E-state index in [9.17, 15) is 0 Å². The van der Waals surface area contributed by atoms with Gasteiger partial charge in [-0.25, -0.2) is 9.67 Å². The maximum Gasteiger partial charge on any atom is 0.145 e. The number of para-hydroxylation sites is 1. The van der Waals surface area contributed by atoms with Crippen LogP contribution in [0.3, 0.4) is 0 Å². The van der Waals surface area contributed by atoms with Gasteiger partial charge in [0.2, 0.25) is 0 Å². The van der Waals surface area contributed by atoms with Crippen LogP contribution < -0.4 is 0 Å². The van der Waals surface area contributed by atoms with Crippen LogP contribution in [0.1, 0.15) is 25.6 Å². The van der Waals surface area contributed by atoms with Gasteiger partial charge in [0.15, 0.2) is 0 Å². The number of nitrogens with zero attached hydrogens (tertiary/aromatic N) is 3. The molecule has 0 amide bonds. The lowest BCUT2D eigenvalue weighted by atomic mass is 10.2. The number of aromatic nitrogens is 4. The lowest BCUT2D eigenvalue weighted by Gasteiger charge is -2.07. The summed E-state index contributed by atoms with van der Waals surface area (Å²) in [6.07, 6.45) is 1.76. The van der Waals surface area contributed by atoms with Gasteiger partial charge in [-0.05, 0) is 12.1 Å². The Morgan fingerprint density at radius 1 is 1.21 bits per heavy atom. The van der Waals surface area contributed by atoms with Crippen LogP contribution in [0.4, 0.5) is 0 Å². The van der Waals surface area contributed by atoms with Crippen molar-refractivity contribution in [3.05, 3.63) is 47.0 Å². The predicted octanol–water partition coefficient (Wildman–Crippen LogP) is 3.60. The summed E-state index contributed by atoms with van der Waals surface area (Å²) in [6, 6.07) is 9.99. The van der Waals surface area contributed by atoms with Crippen molar-refractivity contribution in [2.24, 2.45) is 0 Å². The topological polar surface area (TPSA) is 46.5 Å². The van der Waals surface area contributed by atoms with E-state index in [1.54, 1.807) is 6.20 Å². The Morgan fingerprint density at radius 3 is 2.63 bits per heavy atom. The van der Waals surface area contributed by atoms with Crippen LogP contribution in [0.2, 0.25) is 0 Å². The Bertz CT molecular complexity index is 771. The van der Waals surface area contributed by atoms with Crippen molar-refractivity contribution in [3.8, 4) is 5.69 Å². The van der Waals surface area contributed by atoms with Gasteiger partial charge in [-0.2, -0.15) is 5.10 Å². The Morgan fingerprint density at radius 2 is 1.95 bits per heavy atom. The standard InChI is InChI=1S/C14H14N4S/c1-9(2)12-16-13-11(14(19)17-12)8-15-18(13)10-6-4-3-5-7-10/h3-9H,1-2H3,(H,16,17,19). The second kappa shape index (κ2) is 4.59. The maximum absolute atomic E-state index is 5.34. The first-order valence-corrected chi connectivity index (χ1v) is 6.61. The summed E-state index contributed by atoms with van der Waals surface area (Å²) in [4.78, 5) is 7.75. The van der Waals surface area contributed by atoms with E-state index in [1.807, 2.05) is 35.0 Å². The van der Waals surface area contributed by atoms with Crippen LogP contribution in [0.25, 0.3) is 16.7 Å². The molecule has 0 saturated carbocycles. The molecule has 0 saturated heterocycles. The molecule has 3 aromatic rings. The Hall–Kier alpha value is -2.01. The zero-order chi connectivity index (χ0) is 13.4. The molecule has 96 valence electrons. The van der Waals surface area contributed by atoms with Gasteiger partial charge in [0, 0.05) is 5.92 Å². The van der Waals surface area contributed by atoms with Crippen LogP contribution in [0.5, 0.6) is 0 Å². The van der Waals surface area contributed by atoms with Crippen molar-refractivity contribution >= 4 is 23.3 Å². The number of rotatable bonds is 2. The zero-order valence-electron chi connectivity index (χ0n) is 10.8. The minimum atomic E-state index is 0.297. The Labute approximate surface area is 116 Å². The fraction of sp³-hybridized carbons (Fsp3) is 0.214. The fourth-order valence-corrected chi connectivity index (χ4v) is 2.23. The van der Waals surface area contributed by atoms with E-state index in [2.05, 4.69) is 28.9 Å². The summed E-state index contributed by atoms with van der Waals surface area (Å²) in [5.74, 6) is 1.18. The predicted molar refractivity (Wildman–Crippen MR) is 78.1 cm³/mol. The molecule has 0 aliphatic rings. The van der Waals surface area contributed by atoms with Gasteiger partial charge in [0.05, 0.1) is 17.3 Å². The van der Waals surface area contributed by atoms with Gasteiger partial charge in [-0.1, -0.05) is 44.3 Å². The van der Waals surface area contributed by atoms with Crippen LogP contribution in [-0.2, 0) is 0 Å². The molecule has 0 unspecified atom stereocenters. The highest BCUT2D eigenvalue weighted by Gasteiger charge is 2.10. The summed E-state index contributed by atoms with van der Waals surface area (Å²) in [5.41, 5.74) is 1.90. The summed E-state index contributed by atoms with van der Waals surface area (Å²) in [6.45, 7) is 4.17. The van der Waals surface area contributed by atoms with Crippen LogP contribution >= 0.6 is 12.2 Å². The molecule has 1 N–H and O–H groups in total. The van der Waals surface area contributed by atoms with Crippen LogP contribution in [-0.4, -0.2) is 19.7 Å². The zero-order valence-corrected chi connectivity index (χ0v) is 11.6. The number of aromatic amines is 1. The first kappa shape index (κ1) is 12.0. The van der Waals surface area contributed by atoms with Crippen molar-refractivity contribution in [2.45, 2.75) is 19.8 Å². The van der Waals surface area contributed by atoms with Gasteiger partial charge < -0.3 is 4.98 Å². The van der Waals surface area contributed by atoms with Gasteiger partial charge in [-0.3, -0.25) is 0 Å². The smallest absolute Gasteiger partial charge is 0.145 e. The molecule has 4 nitrogen and oxygen atoms in total. The molecule has 0 aliphatic heterocycles. The highest BCUT2D eigenvalue weighted by molar-refractivity contribution is 7.71. The third-order valence-corrected chi connectivity index (χ3v) is 3.33. The number of hydrogen-bond donors (Lipinski definition) is 1. The molecule has 2 aromatic heterocycles. The van der Waals surface area contributed by atoms with E-state index in [4.69, 9.17) is 12.2 Å². The average Bonchev–Trinajstić information content (AvgIpc) is 2.84. The van der Waals surface area contributed by atoms with Crippen molar-refractivity contribution in [2.75, 3.05) is 0 Å². The molecule has 3 rings (SSSR count). The number of hydrogen-bond acceptors (Lipinski definition) is 3. The molecule has 0 bridgehead atoms. The minimum Gasteiger partial charge on any atom is -0.327 e. The van der Waals surface area contributed by atoms with E-state index in [-0.39, 0.29) is 0 Å². The molecule has 5 heteroatoms. The number of benzene rings is 1. The molecule has 0 aliphatic carbocycles. The first-order valence-electron chi connectivity index (χ1n) is 6.20. The van der Waals surface area contributed by atoms with E-state index in [0.717, 1.165) is 22.5 Å². The second-order valence-electron chi connectivity index (χ2n) is 4.74. The molecule has 19 heavy (non-hydrogen) atoms. The Balaban J connectivity index is 2.31. The normalized spacial score (nSPS) is 11.3. The minimum absolute atomic E-state index is 0.297. The second-order valence-corrected chi connectivity index (χ2v) is 5.12. The van der Waals surface area contributed by atoms with E-state index < -0.39 is 0 Å². The third-order valence-electron chi connectivity index (χ3n) is 3.02. The van der Waals surface area contributed by atoms with Crippen molar-refractivity contribution in [1.29, 1.82) is 0 Å².